The van der Waals surface area contributed by atoms with E-state index >= 15 is 0 Å². The molecular formula is C70H124O6. The van der Waals surface area contributed by atoms with E-state index in [0.717, 1.165) is 70.6 Å². The Balaban J connectivity index is 4.34. The molecule has 0 heterocycles. The number of unbranched alkanes of at least 4 members (excludes halogenated alkanes) is 38. The molecule has 6 nitrogen and oxygen atoms in total. The van der Waals surface area contributed by atoms with Gasteiger partial charge in [-0.2, -0.15) is 0 Å². The average molecular weight is 1060 g/mol. The van der Waals surface area contributed by atoms with Gasteiger partial charge in [-0.3, -0.25) is 14.4 Å². The molecule has 1 atom stereocenters. The van der Waals surface area contributed by atoms with Crippen LogP contribution in [-0.2, 0) is 28.6 Å². The van der Waals surface area contributed by atoms with Crippen molar-refractivity contribution in [1.82, 2.24) is 0 Å². The zero-order chi connectivity index (χ0) is 55.0. The lowest BCUT2D eigenvalue weighted by Crippen LogP contribution is -2.30. The number of esters is 3. The van der Waals surface area contributed by atoms with Crippen LogP contribution in [0.3, 0.4) is 0 Å². The molecule has 0 saturated carbocycles. The Kier molecular flexibility index (Phi) is 61.7. The zero-order valence-corrected chi connectivity index (χ0v) is 50.5. The molecule has 6 heteroatoms. The summed E-state index contributed by atoms with van der Waals surface area (Å²) in [5.41, 5.74) is 0. The monoisotopic (exact) mass is 1060 g/mol. The fraction of sp³-hybridized carbons (Fsp3) is 0.786. The molecule has 0 aliphatic rings. The Hall–Kier alpha value is -3.15. The normalized spacial score (nSPS) is 12.5. The molecule has 0 aromatic heterocycles. The highest BCUT2D eigenvalue weighted by atomic mass is 16.6. The Labute approximate surface area is 472 Å². The van der Waals surface area contributed by atoms with Gasteiger partial charge >= 0.3 is 17.9 Å². The maximum atomic E-state index is 12.9. The number of hydrogen-bond donors (Lipinski definition) is 0. The molecule has 76 heavy (non-hydrogen) atoms. The first kappa shape index (κ1) is 72.8. The molecule has 0 aliphatic heterocycles. The van der Waals surface area contributed by atoms with E-state index in [-0.39, 0.29) is 31.6 Å². The Morgan fingerprint density at radius 3 is 0.908 bits per heavy atom. The third-order valence-corrected chi connectivity index (χ3v) is 14.5. The first-order chi connectivity index (χ1) is 37.5. The van der Waals surface area contributed by atoms with Gasteiger partial charge < -0.3 is 14.2 Å². The summed E-state index contributed by atoms with van der Waals surface area (Å²) in [4.78, 5) is 38.3. The fourth-order valence-corrected chi connectivity index (χ4v) is 9.57. The number of ether oxygens (including phenoxy) is 3. The molecule has 0 aromatic rings. The van der Waals surface area contributed by atoms with E-state index in [2.05, 4.69) is 81.5 Å². The molecule has 0 bridgehead atoms. The third-order valence-electron chi connectivity index (χ3n) is 14.5. The highest BCUT2D eigenvalue weighted by Crippen LogP contribution is 2.18. The molecule has 440 valence electrons. The highest BCUT2D eigenvalue weighted by Gasteiger charge is 2.19. The molecular weight excluding hydrogens is 937 g/mol. The molecule has 0 fully saturated rings. The fourth-order valence-electron chi connectivity index (χ4n) is 9.57. The first-order valence-electron chi connectivity index (χ1n) is 32.9. The van der Waals surface area contributed by atoms with Crippen LogP contribution < -0.4 is 0 Å². The summed E-state index contributed by atoms with van der Waals surface area (Å²) in [6.45, 7) is 6.48. The van der Waals surface area contributed by atoms with Gasteiger partial charge in [0, 0.05) is 12.8 Å². The largest absolute Gasteiger partial charge is 0.462 e. The second kappa shape index (κ2) is 64.4. The number of allylic oxidation sites excluding steroid dienone is 11. The summed E-state index contributed by atoms with van der Waals surface area (Å²) >= 11 is 0. The predicted molar refractivity (Wildman–Crippen MR) is 330 cm³/mol. The second-order valence-corrected chi connectivity index (χ2v) is 22.0. The van der Waals surface area contributed by atoms with Crippen LogP contribution in [0.25, 0.3) is 0 Å². The van der Waals surface area contributed by atoms with E-state index in [1.165, 1.54) is 225 Å². The van der Waals surface area contributed by atoms with E-state index in [0.29, 0.717) is 12.8 Å². The Morgan fingerprint density at radius 1 is 0.289 bits per heavy atom. The van der Waals surface area contributed by atoms with Crippen LogP contribution in [0.1, 0.15) is 335 Å². The summed E-state index contributed by atoms with van der Waals surface area (Å²) in [5, 5.41) is 0. The number of carbonyl (C=O) groups is 3. The van der Waals surface area contributed by atoms with Crippen LogP contribution >= 0.6 is 0 Å². The van der Waals surface area contributed by atoms with Crippen LogP contribution in [0.2, 0.25) is 0 Å². The minimum atomic E-state index is -0.817. The van der Waals surface area contributed by atoms with Gasteiger partial charge in [0.15, 0.2) is 6.10 Å². The topological polar surface area (TPSA) is 78.9 Å². The van der Waals surface area contributed by atoms with Crippen molar-refractivity contribution in [2.45, 2.75) is 341 Å². The van der Waals surface area contributed by atoms with Gasteiger partial charge in [-0.15, -0.1) is 0 Å². The van der Waals surface area contributed by atoms with Crippen molar-refractivity contribution in [2.24, 2.45) is 0 Å². The zero-order valence-electron chi connectivity index (χ0n) is 50.5. The van der Waals surface area contributed by atoms with Crippen molar-refractivity contribution in [2.75, 3.05) is 13.2 Å². The SMILES string of the molecule is CC/C=C\C/C=C\C/C=C\C/C=C\C/C=C\CC(=O)OCC(COC(=O)CCCCCCCCCCCCCCCCCCCCCCCCCCC)OC(=O)CCCCCCCCC/C=C\CCCCCCCCC. The van der Waals surface area contributed by atoms with Crippen LogP contribution in [-0.4, -0.2) is 37.2 Å². The summed E-state index contributed by atoms with van der Waals surface area (Å²) in [7, 11) is 0. The molecule has 0 rings (SSSR count). The summed E-state index contributed by atoms with van der Waals surface area (Å²) < 4.78 is 16.8. The summed E-state index contributed by atoms with van der Waals surface area (Å²) in [5.74, 6) is -1.03. The molecule has 0 aromatic carbocycles. The van der Waals surface area contributed by atoms with Crippen LogP contribution in [0.15, 0.2) is 72.9 Å². The van der Waals surface area contributed by atoms with Crippen molar-refractivity contribution in [3.8, 4) is 0 Å². The molecule has 0 N–H and O–H groups in total. The van der Waals surface area contributed by atoms with E-state index < -0.39 is 12.1 Å². The summed E-state index contributed by atoms with van der Waals surface area (Å²) in [6, 6.07) is 0. The van der Waals surface area contributed by atoms with Crippen molar-refractivity contribution in [3.63, 3.8) is 0 Å². The maximum Gasteiger partial charge on any atom is 0.309 e. The molecule has 0 aliphatic carbocycles. The van der Waals surface area contributed by atoms with Gasteiger partial charge in [0.25, 0.3) is 0 Å². The first-order valence-corrected chi connectivity index (χ1v) is 32.9. The molecule has 0 saturated heterocycles. The van der Waals surface area contributed by atoms with Crippen molar-refractivity contribution in [1.29, 1.82) is 0 Å². The smallest absolute Gasteiger partial charge is 0.309 e. The van der Waals surface area contributed by atoms with E-state index in [1.807, 2.05) is 6.08 Å². The molecule has 0 spiro atoms. The van der Waals surface area contributed by atoms with Gasteiger partial charge in [-0.05, 0) is 70.6 Å². The highest BCUT2D eigenvalue weighted by molar-refractivity contribution is 5.72. The number of hydrogen-bond acceptors (Lipinski definition) is 6. The quantitative estimate of drug-likeness (QED) is 0.0261. The van der Waals surface area contributed by atoms with E-state index in [9.17, 15) is 14.4 Å². The average Bonchev–Trinajstić information content (AvgIpc) is 3.42. The molecule has 1 unspecified atom stereocenters. The van der Waals surface area contributed by atoms with Crippen molar-refractivity contribution in [3.05, 3.63) is 72.9 Å². The number of rotatable bonds is 60. The van der Waals surface area contributed by atoms with Gasteiger partial charge in [0.2, 0.25) is 0 Å². The van der Waals surface area contributed by atoms with Gasteiger partial charge in [0.05, 0.1) is 6.42 Å². The Morgan fingerprint density at radius 2 is 0.566 bits per heavy atom. The Bertz CT molecular complexity index is 1400. The lowest BCUT2D eigenvalue weighted by Gasteiger charge is -2.18. The summed E-state index contributed by atoms with van der Waals surface area (Å²) in [6.07, 6.45) is 83.8. The van der Waals surface area contributed by atoms with Crippen molar-refractivity contribution < 1.29 is 28.6 Å². The van der Waals surface area contributed by atoms with E-state index in [1.54, 1.807) is 6.08 Å². The predicted octanol–water partition coefficient (Wildman–Crippen LogP) is 22.5. The van der Waals surface area contributed by atoms with E-state index in [4.69, 9.17) is 14.2 Å². The lowest BCUT2D eigenvalue weighted by atomic mass is 10.0. The third kappa shape index (κ3) is 61.7. The van der Waals surface area contributed by atoms with Gasteiger partial charge in [-0.1, -0.05) is 318 Å². The minimum absolute atomic E-state index is 0.104. The standard InChI is InChI=1S/C70H124O6/c1-4-7-10-13-16-19-22-25-28-30-32-33-34-35-36-37-38-40-42-45-48-51-54-57-60-63-69(72)75-66-67(65-74-68(71)62-59-56-53-50-47-44-41-27-24-21-18-15-12-9-6-3)76-70(73)64-61-58-55-52-49-46-43-39-31-29-26-23-20-17-14-11-8-5-2/h9,12,18,21,27,29,31,41,47,50,56,59,67H,4-8,10-11,13-17,19-20,22-26,28,30,32-40,42-46,48-49,51-55,57-58,60-66H2,1-3H3/b12-9-,21-18-,31-29-,41-27-,50-47-,59-56-. The maximum absolute atomic E-state index is 12.9. The van der Waals surface area contributed by atoms with Crippen LogP contribution in [0, 0.1) is 0 Å². The second-order valence-electron chi connectivity index (χ2n) is 22.0. The molecule has 0 amide bonds. The number of carbonyl (C=O) groups excluding carboxylic acids is 3. The molecule has 0 radical (unpaired) electrons. The van der Waals surface area contributed by atoms with Gasteiger partial charge in [0.1, 0.15) is 13.2 Å². The van der Waals surface area contributed by atoms with Gasteiger partial charge in [-0.25, -0.2) is 0 Å². The minimum Gasteiger partial charge on any atom is -0.462 e. The lowest BCUT2D eigenvalue weighted by molar-refractivity contribution is -0.166. The van der Waals surface area contributed by atoms with Crippen molar-refractivity contribution >= 4 is 17.9 Å². The van der Waals surface area contributed by atoms with Crippen LogP contribution in [0.5, 0.6) is 0 Å². The van der Waals surface area contributed by atoms with Crippen LogP contribution in [0.4, 0.5) is 0 Å².